The fraction of sp³-hybridized carbons (Fsp3) is 0.0952. The predicted molar refractivity (Wildman–Crippen MR) is 110 cm³/mol. The summed E-state index contributed by atoms with van der Waals surface area (Å²) in [5.74, 6) is 1.03. The first-order valence-electron chi connectivity index (χ1n) is 8.50. The average Bonchev–Trinajstić information content (AvgIpc) is 3.10. The van der Waals surface area contributed by atoms with Crippen LogP contribution < -0.4 is 5.43 Å². The molecule has 6 heteroatoms. The van der Waals surface area contributed by atoms with E-state index in [0.717, 1.165) is 26.2 Å². The number of hydrogen-bond donors (Lipinski definition) is 1. The highest BCUT2D eigenvalue weighted by molar-refractivity contribution is 7.21. The Labute approximate surface area is 160 Å². The number of halogens is 1. The first kappa shape index (κ1) is 17.3. The summed E-state index contributed by atoms with van der Waals surface area (Å²) in [5.41, 5.74) is 5.57. The van der Waals surface area contributed by atoms with Gasteiger partial charge < -0.3 is 0 Å². The van der Waals surface area contributed by atoms with Gasteiger partial charge in [-0.05, 0) is 37.6 Å². The molecule has 2 aromatic heterocycles. The van der Waals surface area contributed by atoms with Gasteiger partial charge in [0.15, 0.2) is 5.82 Å². The van der Waals surface area contributed by atoms with Crippen molar-refractivity contribution in [2.24, 2.45) is 5.10 Å². The van der Waals surface area contributed by atoms with Crippen molar-refractivity contribution >= 4 is 33.1 Å². The van der Waals surface area contributed by atoms with Gasteiger partial charge in [-0.15, -0.1) is 11.3 Å². The second-order valence-electron chi connectivity index (χ2n) is 6.13. The molecule has 0 aliphatic carbocycles. The van der Waals surface area contributed by atoms with Crippen LogP contribution in [0.15, 0.2) is 65.8 Å². The Morgan fingerprint density at radius 3 is 2.63 bits per heavy atom. The molecule has 2 aromatic carbocycles. The van der Waals surface area contributed by atoms with E-state index in [-0.39, 0.29) is 5.82 Å². The third-order valence-electron chi connectivity index (χ3n) is 4.13. The van der Waals surface area contributed by atoms with Gasteiger partial charge in [0.05, 0.1) is 11.1 Å². The summed E-state index contributed by atoms with van der Waals surface area (Å²) in [6, 6.07) is 18.6. The van der Waals surface area contributed by atoms with Crippen molar-refractivity contribution < 1.29 is 4.39 Å². The molecular weight excluding hydrogens is 359 g/mol. The van der Waals surface area contributed by atoms with Crippen LogP contribution in [0, 0.1) is 12.7 Å². The van der Waals surface area contributed by atoms with Crippen LogP contribution >= 0.6 is 11.3 Å². The number of aromatic nitrogens is 2. The summed E-state index contributed by atoms with van der Waals surface area (Å²) in [4.78, 5) is 11.1. The summed E-state index contributed by atoms with van der Waals surface area (Å²) in [6.45, 7) is 3.69. The van der Waals surface area contributed by atoms with Crippen molar-refractivity contribution in [2.75, 3.05) is 5.43 Å². The molecule has 4 nitrogen and oxygen atoms in total. The number of hydrogen-bond acceptors (Lipinski definition) is 5. The van der Waals surface area contributed by atoms with Crippen LogP contribution in [0.4, 0.5) is 10.2 Å². The molecule has 0 spiro atoms. The molecule has 0 saturated carbocycles. The summed E-state index contributed by atoms with van der Waals surface area (Å²) in [5, 5.41) is 5.31. The van der Waals surface area contributed by atoms with E-state index >= 15 is 0 Å². The molecule has 0 fully saturated rings. The Kier molecular flexibility index (Phi) is 4.64. The topological polar surface area (TPSA) is 50.2 Å². The van der Waals surface area contributed by atoms with E-state index in [0.29, 0.717) is 17.4 Å². The number of rotatable bonds is 4. The molecule has 0 aliphatic heterocycles. The monoisotopic (exact) mass is 376 g/mol. The van der Waals surface area contributed by atoms with E-state index < -0.39 is 0 Å². The maximum atomic E-state index is 13.4. The summed E-state index contributed by atoms with van der Waals surface area (Å²) >= 11 is 1.62. The van der Waals surface area contributed by atoms with E-state index in [1.54, 1.807) is 17.4 Å². The van der Waals surface area contributed by atoms with E-state index in [2.05, 4.69) is 38.7 Å². The molecule has 0 radical (unpaired) electrons. The van der Waals surface area contributed by atoms with Crippen LogP contribution in [-0.4, -0.2) is 15.7 Å². The molecule has 134 valence electrons. The molecule has 2 heterocycles. The van der Waals surface area contributed by atoms with Gasteiger partial charge >= 0.3 is 0 Å². The van der Waals surface area contributed by atoms with Crippen LogP contribution in [0.25, 0.3) is 20.7 Å². The van der Waals surface area contributed by atoms with Crippen molar-refractivity contribution in [1.82, 2.24) is 9.97 Å². The summed E-state index contributed by atoms with van der Waals surface area (Å²) in [7, 11) is 0. The molecule has 4 rings (SSSR count). The highest BCUT2D eigenvalue weighted by Gasteiger charge is 2.11. The van der Waals surface area contributed by atoms with Gasteiger partial charge in [-0.3, -0.25) is 5.43 Å². The fourth-order valence-corrected chi connectivity index (χ4v) is 3.86. The molecule has 0 saturated heterocycles. The molecule has 0 atom stereocenters. The third kappa shape index (κ3) is 3.71. The smallest absolute Gasteiger partial charge is 0.158 e. The van der Waals surface area contributed by atoms with Gasteiger partial charge in [-0.1, -0.05) is 42.5 Å². The minimum atomic E-state index is -0.285. The summed E-state index contributed by atoms with van der Waals surface area (Å²) < 4.78 is 13.4. The molecule has 4 aromatic rings. The lowest BCUT2D eigenvalue weighted by molar-refractivity contribution is 0.627. The largest absolute Gasteiger partial charge is 0.260 e. The lowest BCUT2D eigenvalue weighted by Gasteiger charge is -2.05. The van der Waals surface area contributed by atoms with Crippen molar-refractivity contribution in [2.45, 2.75) is 13.8 Å². The molecule has 0 aliphatic rings. The Morgan fingerprint density at radius 2 is 1.85 bits per heavy atom. The quantitative estimate of drug-likeness (QED) is 0.370. The number of hydrazone groups is 1. The van der Waals surface area contributed by atoms with E-state index in [4.69, 9.17) is 0 Å². The maximum absolute atomic E-state index is 13.4. The number of nitrogens with one attached hydrogen (secondary N) is 1. The standard InChI is InChI=1S/C21H17FN4S/c1-13(16-9-6-10-17(22)11-16)25-26-20-18-12-19(15-7-4-3-5-8-15)27-21(18)24-14(2)23-20/h3-12H,1-2H3,(H,23,24,26)/b25-13+. The zero-order valence-corrected chi connectivity index (χ0v) is 15.7. The average molecular weight is 376 g/mol. The number of benzene rings is 2. The Morgan fingerprint density at radius 1 is 1.04 bits per heavy atom. The van der Waals surface area contributed by atoms with Gasteiger partial charge in [-0.25, -0.2) is 14.4 Å². The van der Waals surface area contributed by atoms with E-state index in [9.17, 15) is 4.39 Å². The van der Waals surface area contributed by atoms with Crippen LogP contribution in [-0.2, 0) is 0 Å². The first-order valence-corrected chi connectivity index (χ1v) is 9.31. The zero-order chi connectivity index (χ0) is 18.8. The van der Waals surface area contributed by atoms with Crippen LogP contribution in [0.2, 0.25) is 0 Å². The molecule has 1 N–H and O–H groups in total. The van der Waals surface area contributed by atoms with Gasteiger partial charge in [0.25, 0.3) is 0 Å². The predicted octanol–water partition coefficient (Wildman–Crippen LogP) is 5.64. The van der Waals surface area contributed by atoms with E-state index in [1.165, 1.54) is 12.1 Å². The van der Waals surface area contributed by atoms with Gasteiger partial charge in [-0.2, -0.15) is 5.10 Å². The number of nitrogens with zero attached hydrogens (tertiary/aromatic N) is 3. The highest BCUT2D eigenvalue weighted by Crippen LogP contribution is 2.35. The van der Waals surface area contributed by atoms with Gasteiger partial charge in [0.2, 0.25) is 0 Å². The van der Waals surface area contributed by atoms with Crippen molar-refractivity contribution in [3.8, 4) is 10.4 Å². The minimum absolute atomic E-state index is 0.285. The normalized spacial score (nSPS) is 11.7. The summed E-state index contributed by atoms with van der Waals surface area (Å²) in [6.07, 6.45) is 0. The number of aryl methyl sites for hydroxylation is 1. The Balaban J connectivity index is 1.71. The van der Waals surface area contributed by atoms with E-state index in [1.807, 2.05) is 38.1 Å². The number of thiophene rings is 1. The second kappa shape index (κ2) is 7.25. The van der Waals surface area contributed by atoms with Crippen LogP contribution in [0.1, 0.15) is 18.3 Å². The second-order valence-corrected chi connectivity index (χ2v) is 7.16. The van der Waals surface area contributed by atoms with Crippen LogP contribution in [0.5, 0.6) is 0 Å². The van der Waals surface area contributed by atoms with Gasteiger partial charge in [0.1, 0.15) is 16.5 Å². The Hall–Kier alpha value is -3.12. The molecule has 0 amide bonds. The minimum Gasteiger partial charge on any atom is -0.260 e. The lowest BCUT2D eigenvalue weighted by Crippen LogP contribution is -2.02. The SMILES string of the molecule is C/C(=N\Nc1nc(C)nc2sc(-c3ccccc3)cc12)c1cccc(F)c1. The Bertz CT molecular complexity index is 1140. The molecule has 0 bridgehead atoms. The zero-order valence-electron chi connectivity index (χ0n) is 14.9. The van der Waals surface area contributed by atoms with Crippen molar-refractivity contribution in [1.29, 1.82) is 0 Å². The maximum Gasteiger partial charge on any atom is 0.158 e. The molecular formula is C21H17FN4S. The highest BCUT2D eigenvalue weighted by atomic mass is 32.1. The molecule has 27 heavy (non-hydrogen) atoms. The first-order chi connectivity index (χ1) is 13.1. The van der Waals surface area contributed by atoms with Crippen molar-refractivity contribution in [3.05, 3.63) is 77.9 Å². The number of fused-ring (bicyclic) bond motifs is 1. The molecule has 0 unspecified atom stereocenters. The third-order valence-corrected chi connectivity index (χ3v) is 5.21. The van der Waals surface area contributed by atoms with Crippen molar-refractivity contribution in [3.63, 3.8) is 0 Å². The lowest BCUT2D eigenvalue weighted by atomic mass is 10.1. The van der Waals surface area contributed by atoms with Gasteiger partial charge in [0, 0.05) is 10.4 Å². The van der Waals surface area contributed by atoms with Crippen LogP contribution in [0.3, 0.4) is 0 Å². The fourth-order valence-electron chi connectivity index (χ4n) is 2.77. The number of anilines is 1.